The summed E-state index contributed by atoms with van der Waals surface area (Å²) in [6, 6.07) is 15.9. The summed E-state index contributed by atoms with van der Waals surface area (Å²) in [5.41, 5.74) is 1.28. The maximum atomic E-state index is 13.1. The Morgan fingerprint density at radius 1 is 0.958 bits per heavy atom. The van der Waals surface area contributed by atoms with E-state index in [2.05, 4.69) is 4.98 Å². The molecule has 0 saturated carbocycles. The van der Waals surface area contributed by atoms with E-state index in [1.165, 1.54) is 10.5 Å². The second-order valence-electron chi connectivity index (χ2n) is 5.69. The van der Waals surface area contributed by atoms with Crippen molar-refractivity contribution in [1.29, 1.82) is 0 Å². The van der Waals surface area contributed by atoms with Gasteiger partial charge in [0.25, 0.3) is 11.2 Å². The normalized spacial score (nSPS) is 11.8. The number of nitro groups is 1. The molecule has 0 radical (unpaired) electrons. The van der Waals surface area contributed by atoms with Gasteiger partial charge in [-0.3, -0.25) is 19.3 Å². The Kier molecular flexibility index (Phi) is 2.30. The van der Waals surface area contributed by atoms with Crippen molar-refractivity contribution in [2.75, 3.05) is 0 Å². The van der Waals surface area contributed by atoms with E-state index in [4.69, 9.17) is 0 Å². The van der Waals surface area contributed by atoms with Crippen molar-refractivity contribution < 1.29 is 4.92 Å². The molecule has 0 saturated heterocycles. The molecule has 0 aliphatic carbocycles. The first-order chi connectivity index (χ1) is 11.7. The minimum atomic E-state index is -0.506. The smallest absolute Gasteiger partial charge is 0.268 e. The first-order valence-electron chi connectivity index (χ1n) is 7.39. The maximum absolute atomic E-state index is 13.1. The molecular weight excluding hydrogens is 306 g/mol. The monoisotopic (exact) mass is 315 g/mol. The zero-order valence-corrected chi connectivity index (χ0v) is 12.3. The van der Waals surface area contributed by atoms with Crippen molar-refractivity contribution in [3.63, 3.8) is 0 Å². The Morgan fingerprint density at radius 3 is 2.62 bits per heavy atom. The zero-order valence-electron chi connectivity index (χ0n) is 12.3. The Morgan fingerprint density at radius 2 is 1.79 bits per heavy atom. The van der Waals surface area contributed by atoms with E-state index in [1.54, 1.807) is 12.1 Å². The van der Waals surface area contributed by atoms with Gasteiger partial charge >= 0.3 is 0 Å². The molecule has 0 atom stereocenters. The average Bonchev–Trinajstić information content (AvgIpc) is 2.98. The Labute approximate surface area is 134 Å². The van der Waals surface area contributed by atoms with Crippen LogP contribution in [-0.2, 0) is 0 Å². The van der Waals surface area contributed by atoms with Crippen molar-refractivity contribution in [2.45, 2.75) is 0 Å². The predicted molar refractivity (Wildman–Crippen MR) is 91.8 cm³/mol. The highest BCUT2D eigenvalue weighted by Crippen LogP contribution is 2.33. The van der Waals surface area contributed by atoms with Crippen LogP contribution < -0.4 is 5.56 Å². The van der Waals surface area contributed by atoms with Gasteiger partial charge in [0.1, 0.15) is 11.0 Å². The number of benzene rings is 3. The van der Waals surface area contributed by atoms with Crippen LogP contribution in [0.1, 0.15) is 0 Å². The second kappa shape index (κ2) is 4.26. The van der Waals surface area contributed by atoms with E-state index in [0.29, 0.717) is 22.1 Å². The summed E-state index contributed by atoms with van der Waals surface area (Å²) in [6.45, 7) is 0. The van der Waals surface area contributed by atoms with E-state index in [9.17, 15) is 14.9 Å². The molecule has 0 unspecified atom stereocenters. The highest BCUT2D eigenvalue weighted by molar-refractivity contribution is 6.17. The van der Waals surface area contributed by atoms with E-state index in [1.807, 2.05) is 36.4 Å². The third-order valence-corrected chi connectivity index (χ3v) is 4.44. The average molecular weight is 315 g/mol. The quantitative estimate of drug-likeness (QED) is 0.350. The SMILES string of the molecule is O=c1c2c([N+](=O)[O-])ccc3cccc(c32)c2nc3ccccc3n12. The molecule has 6 heteroatoms. The van der Waals surface area contributed by atoms with Crippen LogP contribution in [0.2, 0.25) is 0 Å². The summed E-state index contributed by atoms with van der Waals surface area (Å²) >= 11 is 0. The standard InChI is InChI=1S/C18H9N3O3/c22-18-16-14(21(23)24)9-8-10-4-3-5-11(15(10)16)17-19-12-6-1-2-7-13(12)20(17)18/h1-9H. The number of hydrogen-bond acceptors (Lipinski definition) is 4. The van der Waals surface area contributed by atoms with Gasteiger partial charge in [0.2, 0.25) is 0 Å². The van der Waals surface area contributed by atoms with E-state index in [0.717, 1.165) is 10.8 Å². The van der Waals surface area contributed by atoms with Crippen molar-refractivity contribution in [3.05, 3.63) is 75.1 Å². The Balaban J connectivity index is 2.24. The fourth-order valence-electron chi connectivity index (χ4n) is 3.45. The predicted octanol–water partition coefficient (Wildman–Crippen LogP) is 3.50. The number of non-ortho nitro benzene ring substituents is 1. The van der Waals surface area contributed by atoms with Gasteiger partial charge in [0, 0.05) is 16.8 Å². The number of para-hydroxylation sites is 2. The van der Waals surface area contributed by atoms with Crippen LogP contribution in [0.4, 0.5) is 5.69 Å². The van der Waals surface area contributed by atoms with Gasteiger partial charge in [-0.05, 0) is 23.6 Å². The van der Waals surface area contributed by atoms with Crippen molar-refractivity contribution in [1.82, 2.24) is 9.38 Å². The molecule has 5 aromatic rings. The topological polar surface area (TPSA) is 77.5 Å². The lowest BCUT2D eigenvalue weighted by atomic mass is 10.0. The first-order valence-corrected chi connectivity index (χ1v) is 7.39. The number of pyridine rings is 1. The largest absolute Gasteiger partial charge is 0.282 e. The number of nitro benzene ring substituents is 1. The van der Waals surface area contributed by atoms with Crippen molar-refractivity contribution in [2.24, 2.45) is 0 Å². The zero-order chi connectivity index (χ0) is 16.4. The molecule has 0 spiro atoms. The molecule has 6 nitrogen and oxygen atoms in total. The summed E-state index contributed by atoms with van der Waals surface area (Å²) in [5, 5.41) is 13.7. The number of fused-ring (bicyclic) bond motifs is 4. The van der Waals surface area contributed by atoms with Crippen LogP contribution in [0.25, 0.3) is 38.2 Å². The molecule has 114 valence electrons. The van der Waals surface area contributed by atoms with Gasteiger partial charge in [-0.2, -0.15) is 0 Å². The molecule has 2 heterocycles. The van der Waals surface area contributed by atoms with Crippen LogP contribution in [0, 0.1) is 10.1 Å². The molecule has 0 amide bonds. The summed E-state index contributed by atoms with van der Waals surface area (Å²) in [6.07, 6.45) is 0. The molecule has 3 aromatic carbocycles. The van der Waals surface area contributed by atoms with Gasteiger partial charge in [-0.1, -0.05) is 30.3 Å². The second-order valence-corrected chi connectivity index (χ2v) is 5.69. The first kappa shape index (κ1) is 13.0. The fraction of sp³-hybridized carbons (Fsp3) is 0. The fourth-order valence-corrected chi connectivity index (χ4v) is 3.45. The molecule has 0 aliphatic rings. The molecule has 2 aromatic heterocycles. The molecule has 0 aliphatic heterocycles. The Bertz CT molecular complexity index is 1350. The number of rotatable bonds is 1. The molecule has 0 fully saturated rings. The van der Waals surface area contributed by atoms with Crippen LogP contribution in [-0.4, -0.2) is 14.3 Å². The lowest BCUT2D eigenvalue weighted by Gasteiger charge is -2.07. The van der Waals surface area contributed by atoms with Crippen LogP contribution in [0.15, 0.2) is 59.4 Å². The minimum absolute atomic E-state index is 0.128. The molecule has 5 rings (SSSR count). The van der Waals surface area contributed by atoms with E-state index >= 15 is 0 Å². The summed E-state index contributed by atoms with van der Waals surface area (Å²) in [7, 11) is 0. The highest BCUT2D eigenvalue weighted by atomic mass is 16.6. The lowest BCUT2D eigenvalue weighted by molar-refractivity contribution is -0.383. The van der Waals surface area contributed by atoms with Gasteiger partial charge in [0.15, 0.2) is 0 Å². The van der Waals surface area contributed by atoms with Crippen LogP contribution in [0.5, 0.6) is 0 Å². The van der Waals surface area contributed by atoms with E-state index in [-0.39, 0.29) is 11.1 Å². The van der Waals surface area contributed by atoms with Gasteiger partial charge in [0.05, 0.1) is 16.0 Å². The third kappa shape index (κ3) is 1.44. The summed E-state index contributed by atoms with van der Waals surface area (Å²) < 4.78 is 1.47. The molecule has 0 bridgehead atoms. The minimum Gasteiger partial charge on any atom is -0.268 e. The summed E-state index contributed by atoms with van der Waals surface area (Å²) in [5.74, 6) is 0. The Hall–Kier alpha value is -3.54. The van der Waals surface area contributed by atoms with E-state index < -0.39 is 10.5 Å². The van der Waals surface area contributed by atoms with Gasteiger partial charge in [-0.25, -0.2) is 4.98 Å². The number of hydrogen-bond donors (Lipinski definition) is 0. The molecular formula is C18H9N3O3. The van der Waals surface area contributed by atoms with Crippen LogP contribution in [0.3, 0.4) is 0 Å². The van der Waals surface area contributed by atoms with Gasteiger partial charge < -0.3 is 0 Å². The molecule has 0 N–H and O–H groups in total. The van der Waals surface area contributed by atoms with Crippen LogP contribution >= 0.6 is 0 Å². The number of nitrogens with zero attached hydrogens (tertiary/aromatic N) is 3. The number of imidazole rings is 1. The highest BCUT2D eigenvalue weighted by Gasteiger charge is 2.22. The van der Waals surface area contributed by atoms with Crippen molar-refractivity contribution in [3.8, 4) is 0 Å². The van der Waals surface area contributed by atoms with Gasteiger partial charge in [-0.15, -0.1) is 0 Å². The van der Waals surface area contributed by atoms with Crippen molar-refractivity contribution >= 4 is 43.9 Å². The number of aromatic nitrogens is 2. The third-order valence-electron chi connectivity index (χ3n) is 4.44. The lowest BCUT2D eigenvalue weighted by Crippen LogP contribution is -2.14. The molecule has 24 heavy (non-hydrogen) atoms. The maximum Gasteiger partial charge on any atom is 0.282 e. The summed E-state index contributed by atoms with van der Waals surface area (Å²) in [4.78, 5) is 28.6.